The maximum absolute atomic E-state index is 10.7. The highest BCUT2D eigenvalue weighted by Crippen LogP contribution is 2.24. The topological polar surface area (TPSA) is 49.3 Å². The van der Waals surface area contributed by atoms with Gasteiger partial charge in [0.15, 0.2) is 0 Å². The van der Waals surface area contributed by atoms with E-state index in [2.05, 4.69) is 5.32 Å². The van der Waals surface area contributed by atoms with E-state index in [-0.39, 0.29) is 12.0 Å². The first-order valence-corrected chi connectivity index (χ1v) is 5.46. The first-order valence-electron chi connectivity index (χ1n) is 4.58. The van der Waals surface area contributed by atoms with Crippen molar-refractivity contribution in [2.24, 2.45) is 5.92 Å². The first-order chi connectivity index (χ1) is 6.65. The molecule has 0 aliphatic carbocycles. The van der Waals surface area contributed by atoms with Crippen LogP contribution < -0.4 is 5.32 Å². The molecule has 2 atom stereocenters. The minimum Gasteiger partial charge on any atom is -0.481 e. The lowest BCUT2D eigenvalue weighted by molar-refractivity contribution is -0.141. The number of hydrogen-bond donors (Lipinski definition) is 2. The van der Waals surface area contributed by atoms with E-state index in [4.69, 9.17) is 5.11 Å². The molecule has 1 rings (SSSR count). The van der Waals surface area contributed by atoms with Gasteiger partial charge in [0.05, 0.1) is 5.92 Å². The molecule has 0 aliphatic heterocycles. The summed E-state index contributed by atoms with van der Waals surface area (Å²) in [4.78, 5) is 11.9. The molecule has 0 aromatic carbocycles. The van der Waals surface area contributed by atoms with E-state index in [0.717, 1.165) is 0 Å². The second-order valence-electron chi connectivity index (χ2n) is 3.33. The number of thiophene rings is 1. The van der Waals surface area contributed by atoms with Gasteiger partial charge >= 0.3 is 5.97 Å². The van der Waals surface area contributed by atoms with Gasteiger partial charge in [-0.1, -0.05) is 13.0 Å². The summed E-state index contributed by atoms with van der Waals surface area (Å²) < 4.78 is 0. The van der Waals surface area contributed by atoms with Crippen molar-refractivity contribution >= 4 is 17.3 Å². The highest BCUT2D eigenvalue weighted by Gasteiger charge is 2.18. The van der Waals surface area contributed by atoms with Crippen LogP contribution in [0.5, 0.6) is 0 Å². The van der Waals surface area contributed by atoms with E-state index in [0.29, 0.717) is 6.42 Å². The maximum Gasteiger partial charge on any atom is 0.306 e. The molecule has 2 N–H and O–H groups in total. The van der Waals surface area contributed by atoms with Crippen molar-refractivity contribution in [2.75, 3.05) is 7.05 Å². The first kappa shape index (κ1) is 11.2. The average molecular weight is 213 g/mol. The monoisotopic (exact) mass is 213 g/mol. The van der Waals surface area contributed by atoms with Crippen molar-refractivity contribution in [2.45, 2.75) is 19.4 Å². The predicted molar refractivity (Wildman–Crippen MR) is 57.5 cm³/mol. The summed E-state index contributed by atoms with van der Waals surface area (Å²) >= 11 is 1.65. The van der Waals surface area contributed by atoms with Crippen LogP contribution >= 0.6 is 11.3 Å². The molecule has 0 saturated carbocycles. The normalized spacial score (nSPS) is 15.0. The van der Waals surface area contributed by atoms with Crippen molar-refractivity contribution in [3.8, 4) is 0 Å². The lowest BCUT2D eigenvalue weighted by Crippen LogP contribution is -2.21. The smallest absolute Gasteiger partial charge is 0.306 e. The third-order valence-corrected chi connectivity index (χ3v) is 3.23. The summed E-state index contributed by atoms with van der Waals surface area (Å²) in [6, 6.07) is 4.16. The third kappa shape index (κ3) is 2.82. The molecule has 78 valence electrons. The van der Waals surface area contributed by atoms with Crippen LogP contribution in [-0.4, -0.2) is 18.1 Å². The number of nitrogens with one attached hydrogen (secondary N) is 1. The molecule has 3 nitrogen and oxygen atoms in total. The quantitative estimate of drug-likeness (QED) is 0.787. The van der Waals surface area contributed by atoms with Gasteiger partial charge in [-0.2, -0.15) is 0 Å². The van der Waals surface area contributed by atoms with Gasteiger partial charge in [0.1, 0.15) is 0 Å². The molecule has 0 spiro atoms. The molecule has 0 aliphatic rings. The fraction of sp³-hybridized carbons (Fsp3) is 0.500. The van der Waals surface area contributed by atoms with Gasteiger partial charge in [-0.25, -0.2) is 0 Å². The Morgan fingerprint density at radius 2 is 2.43 bits per heavy atom. The number of hydrogen-bond acceptors (Lipinski definition) is 3. The van der Waals surface area contributed by atoms with Crippen LogP contribution in [0.15, 0.2) is 17.5 Å². The van der Waals surface area contributed by atoms with Crippen molar-refractivity contribution < 1.29 is 9.90 Å². The second kappa shape index (κ2) is 5.12. The lowest BCUT2D eigenvalue weighted by atomic mass is 10.0. The molecule has 0 saturated heterocycles. The van der Waals surface area contributed by atoms with E-state index >= 15 is 0 Å². The molecule has 0 fully saturated rings. The van der Waals surface area contributed by atoms with Crippen LogP contribution in [0.2, 0.25) is 0 Å². The van der Waals surface area contributed by atoms with Crippen molar-refractivity contribution in [3.63, 3.8) is 0 Å². The molecule has 4 heteroatoms. The van der Waals surface area contributed by atoms with E-state index in [1.807, 2.05) is 24.6 Å². The average Bonchev–Trinajstić information content (AvgIpc) is 2.66. The van der Waals surface area contributed by atoms with Crippen LogP contribution in [-0.2, 0) is 4.79 Å². The Labute approximate surface area is 87.8 Å². The Kier molecular flexibility index (Phi) is 4.10. The van der Waals surface area contributed by atoms with E-state index in [9.17, 15) is 4.79 Å². The Morgan fingerprint density at radius 1 is 1.71 bits per heavy atom. The summed E-state index contributed by atoms with van der Waals surface area (Å²) in [7, 11) is 1.86. The Balaban J connectivity index is 2.60. The van der Waals surface area contributed by atoms with Crippen molar-refractivity contribution in [1.82, 2.24) is 5.32 Å². The molecule has 14 heavy (non-hydrogen) atoms. The largest absolute Gasteiger partial charge is 0.481 e. The van der Waals surface area contributed by atoms with Gasteiger partial charge in [-0.3, -0.25) is 4.79 Å². The highest BCUT2D eigenvalue weighted by atomic mass is 32.1. The van der Waals surface area contributed by atoms with Crippen LogP contribution in [0.3, 0.4) is 0 Å². The van der Waals surface area contributed by atoms with Gasteiger partial charge < -0.3 is 10.4 Å². The summed E-state index contributed by atoms with van der Waals surface area (Å²) in [5.41, 5.74) is 0. The van der Waals surface area contributed by atoms with Gasteiger partial charge in [0.25, 0.3) is 0 Å². The standard InChI is InChI=1S/C10H15NO2S/c1-7(10(12)13)6-8(11-2)9-4-3-5-14-9/h3-5,7-8,11H,6H2,1-2H3,(H,12,13). The number of carboxylic acids is 1. The van der Waals surface area contributed by atoms with Gasteiger partial charge in [-0.15, -0.1) is 11.3 Å². The summed E-state index contributed by atoms with van der Waals surface area (Å²) in [6.07, 6.45) is 0.631. The van der Waals surface area contributed by atoms with E-state index in [1.54, 1.807) is 18.3 Å². The molecule has 1 heterocycles. The number of aliphatic carboxylic acids is 1. The van der Waals surface area contributed by atoms with Gasteiger partial charge in [0.2, 0.25) is 0 Å². The van der Waals surface area contributed by atoms with E-state index in [1.165, 1.54) is 4.88 Å². The van der Waals surface area contributed by atoms with Crippen molar-refractivity contribution in [1.29, 1.82) is 0 Å². The zero-order chi connectivity index (χ0) is 10.6. The number of carboxylic acid groups (broad SMARTS) is 1. The Hall–Kier alpha value is -0.870. The molecular formula is C10H15NO2S. The predicted octanol–water partition coefficient (Wildman–Crippen LogP) is 2.12. The van der Waals surface area contributed by atoms with Crippen LogP contribution in [0, 0.1) is 5.92 Å². The summed E-state index contributed by atoms with van der Waals surface area (Å²) in [6.45, 7) is 1.74. The lowest BCUT2D eigenvalue weighted by Gasteiger charge is -2.16. The molecule has 0 amide bonds. The van der Waals surface area contributed by atoms with Crippen molar-refractivity contribution in [3.05, 3.63) is 22.4 Å². The van der Waals surface area contributed by atoms with Gasteiger partial charge in [-0.05, 0) is 24.9 Å². The zero-order valence-corrected chi connectivity index (χ0v) is 9.17. The Bertz CT molecular complexity index is 284. The maximum atomic E-state index is 10.7. The highest BCUT2D eigenvalue weighted by molar-refractivity contribution is 7.10. The fourth-order valence-electron chi connectivity index (χ4n) is 1.32. The molecule has 0 radical (unpaired) electrons. The number of rotatable bonds is 5. The van der Waals surface area contributed by atoms with Crippen LogP contribution in [0.4, 0.5) is 0 Å². The van der Waals surface area contributed by atoms with Crippen LogP contribution in [0.25, 0.3) is 0 Å². The summed E-state index contributed by atoms with van der Waals surface area (Å²) in [5.74, 6) is -1.05. The Morgan fingerprint density at radius 3 is 2.86 bits per heavy atom. The molecule has 0 bridgehead atoms. The molecule has 1 aromatic heterocycles. The number of carbonyl (C=O) groups is 1. The zero-order valence-electron chi connectivity index (χ0n) is 8.36. The van der Waals surface area contributed by atoms with Crippen LogP contribution in [0.1, 0.15) is 24.3 Å². The second-order valence-corrected chi connectivity index (χ2v) is 4.31. The summed E-state index contributed by atoms with van der Waals surface area (Å²) in [5, 5.41) is 13.9. The molecule has 2 unspecified atom stereocenters. The minimum absolute atomic E-state index is 0.154. The molecular weight excluding hydrogens is 198 g/mol. The van der Waals surface area contributed by atoms with E-state index < -0.39 is 5.97 Å². The minimum atomic E-state index is -0.734. The fourth-order valence-corrected chi connectivity index (χ4v) is 2.17. The SMILES string of the molecule is CNC(CC(C)C(=O)O)c1cccs1. The molecule has 1 aromatic rings. The van der Waals surface area contributed by atoms with Gasteiger partial charge in [0, 0.05) is 10.9 Å². The third-order valence-electron chi connectivity index (χ3n) is 2.25.